The first-order chi connectivity index (χ1) is 4.34. The van der Waals surface area contributed by atoms with Crippen LogP contribution in [0.15, 0.2) is 0 Å². The van der Waals surface area contributed by atoms with Crippen molar-refractivity contribution in [2.24, 2.45) is 11.7 Å². The summed E-state index contributed by atoms with van der Waals surface area (Å²) in [7, 11) is 0. The molecule has 0 saturated heterocycles. The normalized spacial score (nSPS) is 35.3. The van der Waals surface area contributed by atoms with Gasteiger partial charge < -0.3 is 5.73 Å². The Labute approximate surface area is 55.4 Å². The fourth-order valence-corrected chi connectivity index (χ4v) is 1.53. The van der Waals surface area contributed by atoms with Gasteiger partial charge in [0.15, 0.2) is 0 Å². The molecule has 2 atom stereocenters. The van der Waals surface area contributed by atoms with Gasteiger partial charge in [-0.05, 0) is 31.7 Å². The van der Waals surface area contributed by atoms with E-state index in [0.29, 0.717) is 6.54 Å². The van der Waals surface area contributed by atoms with Gasteiger partial charge in [0.25, 0.3) is 0 Å². The first-order valence-electron chi connectivity index (χ1n) is 3.68. The van der Waals surface area contributed by atoms with E-state index >= 15 is 0 Å². The van der Waals surface area contributed by atoms with Gasteiger partial charge in [-0.2, -0.15) is 0 Å². The summed E-state index contributed by atoms with van der Waals surface area (Å²) in [4.78, 5) is 0. The van der Waals surface area contributed by atoms with Gasteiger partial charge in [-0.3, -0.25) is 0 Å². The molecule has 0 heterocycles. The highest BCUT2D eigenvalue weighted by atomic mass is 19.1. The lowest BCUT2D eigenvalue weighted by Crippen LogP contribution is -2.13. The molecule has 0 aromatic rings. The molecular weight excluding hydrogens is 117 g/mol. The average molecular weight is 131 g/mol. The van der Waals surface area contributed by atoms with Crippen molar-refractivity contribution < 1.29 is 4.39 Å². The van der Waals surface area contributed by atoms with Crippen LogP contribution in [-0.2, 0) is 0 Å². The fourth-order valence-electron chi connectivity index (χ4n) is 1.53. The standard InChI is InChI=1S/C7H14FN/c8-7-3-1-2-6(7)4-5-9/h6-7H,1-5,9H2/t6-,7-/m1/s1. The van der Waals surface area contributed by atoms with E-state index in [4.69, 9.17) is 5.73 Å². The number of rotatable bonds is 2. The third kappa shape index (κ3) is 1.65. The minimum absolute atomic E-state index is 0.287. The Morgan fingerprint density at radius 1 is 1.44 bits per heavy atom. The van der Waals surface area contributed by atoms with Crippen LogP contribution in [0.1, 0.15) is 25.7 Å². The molecular formula is C7H14FN. The monoisotopic (exact) mass is 131 g/mol. The van der Waals surface area contributed by atoms with Crippen LogP contribution in [0.3, 0.4) is 0 Å². The van der Waals surface area contributed by atoms with Crippen LogP contribution < -0.4 is 5.73 Å². The van der Waals surface area contributed by atoms with Crippen LogP contribution in [0.25, 0.3) is 0 Å². The predicted octanol–water partition coefficient (Wildman–Crippen LogP) is 1.47. The smallest absolute Gasteiger partial charge is 0.103 e. The summed E-state index contributed by atoms with van der Waals surface area (Å²) in [6.07, 6.45) is 3.21. The molecule has 0 bridgehead atoms. The maximum absolute atomic E-state index is 12.7. The molecule has 0 unspecified atom stereocenters. The van der Waals surface area contributed by atoms with Gasteiger partial charge in [-0.1, -0.05) is 6.42 Å². The summed E-state index contributed by atoms with van der Waals surface area (Å²) in [6.45, 7) is 0.644. The zero-order valence-electron chi connectivity index (χ0n) is 5.65. The summed E-state index contributed by atoms with van der Waals surface area (Å²) in [5.41, 5.74) is 5.30. The SMILES string of the molecule is NCC[C@H]1CCC[C@H]1F. The van der Waals surface area contributed by atoms with E-state index in [2.05, 4.69) is 0 Å². The first-order valence-corrected chi connectivity index (χ1v) is 3.68. The molecule has 0 radical (unpaired) electrons. The molecule has 2 heteroatoms. The second-order valence-corrected chi connectivity index (χ2v) is 2.78. The Morgan fingerprint density at radius 3 is 2.67 bits per heavy atom. The van der Waals surface area contributed by atoms with Gasteiger partial charge in [0.1, 0.15) is 6.17 Å². The highest BCUT2D eigenvalue weighted by Crippen LogP contribution is 2.30. The number of halogens is 1. The third-order valence-electron chi connectivity index (χ3n) is 2.10. The van der Waals surface area contributed by atoms with Crippen molar-refractivity contribution >= 4 is 0 Å². The van der Waals surface area contributed by atoms with E-state index in [1.54, 1.807) is 0 Å². The summed E-state index contributed by atoms with van der Waals surface area (Å²) in [5.74, 6) is 0.287. The molecule has 0 amide bonds. The Morgan fingerprint density at radius 2 is 2.22 bits per heavy atom. The predicted molar refractivity (Wildman–Crippen MR) is 35.9 cm³/mol. The highest BCUT2D eigenvalue weighted by Gasteiger charge is 2.25. The van der Waals surface area contributed by atoms with Crippen molar-refractivity contribution in [1.82, 2.24) is 0 Å². The average Bonchev–Trinajstić information content (AvgIpc) is 2.18. The molecule has 0 spiro atoms. The largest absolute Gasteiger partial charge is 0.330 e. The minimum Gasteiger partial charge on any atom is -0.330 e. The topological polar surface area (TPSA) is 26.0 Å². The van der Waals surface area contributed by atoms with E-state index in [1.807, 2.05) is 0 Å². The van der Waals surface area contributed by atoms with Crippen molar-refractivity contribution in [3.63, 3.8) is 0 Å². The molecule has 1 fully saturated rings. The zero-order valence-corrected chi connectivity index (χ0v) is 5.65. The molecule has 1 aliphatic carbocycles. The van der Waals surface area contributed by atoms with Gasteiger partial charge in [0.2, 0.25) is 0 Å². The molecule has 2 N–H and O–H groups in total. The molecule has 0 aliphatic heterocycles. The minimum atomic E-state index is -0.548. The van der Waals surface area contributed by atoms with Crippen LogP contribution in [-0.4, -0.2) is 12.7 Å². The second-order valence-electron chi connectivity index (χ2n) is 2.78. The summed E-state index contributed by atoms with van der Waals surface area (Å²) < 4.78 is 12.7. The molecule has 0 aromatic carbocycles. The molecule has 54 valence electrons. The van der Waals surface area contributed by atoms with Crippen LogP contribution in [0.2, 0.25) is 0 Å². The van der Waals surface area contributed by atoms with Gasteiger partial charge in [-0.25, -0.2) is 4.39 Å². The van der Waals surface area contributed by atoms with Crippen LogP contribution in [0, 0.1) is 5.92 Å². The van der Waals surface area contributed by atoms with Crippen molar-refractivity contribution in [3.8, 4) is 0 Å². The van der Waals surface area contributed by atoms with Crippen molar-refractivity contribution in [1.29, 1.82) is 0 Å². The quantitative estimate of drug-likeness (QED) is 0.603. The van der Waals surface area contributed by atoms with E-state index < -0.39 is 6.17 Å². The van der Waals surface area contributed by atoms with Crippen molar-refractivity contribution in [2.45, 2.75) is 31.9 Å². The molecule has 1 aliphatic rings. The number of hydrogen-bond donors (Lipinski definition) is 1. The maximum atomic E-state index is 12.7. The van der Waals surface area contributed by atoms with Crippen molar-refractivity contribution in [3.05, 3.63) is 0 Å². The van der Waals surface area contributed by atoms with Gasteiger partial charge in [0.05, 0.1) is 0 Å². The summed E-state index contributed by atoms with van der Waals surface area (Å²) >= 11 is 0. The Hall–Kier alpha value is -0.110. The number of alkyl halides is 1. The zero-order chi connectivity index (χ0) is 6.69. The fraction of sp³-hybridized carbons (Fsp3) is 1.00. The second kappa shape index (κ2) is 3.16. The van der Waals surface area contributed by atoms with Crippen LogP contribution in [0.5, 0.6) is 0 Å². The van der Waals surface area contributed by atoms with Crippen LogP contribution >= 0.6 is 0 Å². The van der Waals surface area contributed by atoms with E-state index in [0.717, 1.165) is 25.7 Å². The lowest BCUT2D eigenvalue weighted by molar-refractivity contribution is 0.254. The Balaban J connectivity index is 2.22. The molecule has 1 rings (SSSR count). The van der Waals surface area contributed by atoms with Gasteiger partial charge in [0, 0.05) is 0 Å². The first kappa shape index (κ1) is 7.00. The van der Waals surface area contributed by atoms with Crippen LogP contribution in [0.4, 0.5) is 4.39 Å². The summed E-state index contributed by atoms with van der Waals surface area (Å²) in [5, 5.41) is 0. The van der Waals surface area contributed by atoms with Gasteiger partial charge in [-0.15, -0.1) is 0 Å². The number of hydrogen-bond acceptors (Lipinski definition) is 1. The summed E-state index contributed by atoms with van der Waals surface area (Å²) in [6, 6.07) is 0. The highest BCUT2D eigenvalue weighted by molar-refractivity contribution is 4.76. The molecule has 9 heavy (non-hydrogen) atoms. The Bertz CT molecular complexity index is 85.0. The maximum Gasteiger partial charge on any atom is 0.103 e. The van der Waals surface area contributed by atoms with Crippen molar-refractivity contribution in [2.75, 3.05) is 6.54 Å². The Kier molecular flexibility index (Phi) is 2.46. The van der Waals surface area contributed by atoms with E-state index in [1.165, 1.54) is 0 Å². The van der Waals surface area contributed by atoms with Gasteiger partial charge >= 0.3 is 0 Å². The number of nitrogens with two attached hydrogens (primary N) is 1. The lowest BCUT2D eigenvalue weighted by Gasteiger charge is -2.09. The third-order valence-corrected chi connectivity index (χ3v) is 2.10. The van der Waals surface area contributed by atoms with E-state index in [9.17, 15) is 4.39 Å². The molecule has 0 aromatic heterocycles. The lowest BCUT2D eigenvalue weighted by atomic mass is 10.0. The molecule has 1 saturated carbocycles. The van der Waals surface area contributed by atoms with E-state index in [-0.39, 0.29) is 5.92 Å². The molecule has 1 nitrogen and oxygen atoms in total.